The Bertz CT molecular complexity index is 840. The molecule has 1 spiro atoms. The van der Waals surface area contributed by atoms with Crippen molar-refractivity contribution < 1.29 is 9.47 Å². The van der Waals surface area contributed by atoms with Crippen LogP contribution in [0.3, 0.4) is 0 Å². The number of rotatable bonds is 3. The number of hydrogen-bond donors (Lipinski definition) is 1. The summed E-state index contributed by atoms with van der Waals surface area (Å²) in [6.07, 6.45) is 1.94. The highest BCUT2D eigenvalue weighted by atomic mass is 32.1. The molecule has 2 aromatic heterocycles. The lowest BCUT2D eigenvalue weighted by atomic mass is 10.0. The van der Waals surface area contributed by atoms with Crippen LogP contribution in [0.1, 0.15) is 29.8 Å². The quantitative estimate of drug-likeness (QED) is 0.897. The molecule has 0 amide bonds. The summed E-state index contributed by atoms with van der Waals surface area (Å²) in [5, 5.41) is 13.4. The molecule has 2 saturated heterocycles. The van der Waals surface area contributed by atoms with Gasteiger partial charge in [-0.25, -0.2) is 4.98 Å². The van der Waals surface area contributed by atoms with Crippen molar-refractivity contribution in [2.75, 3.05) is 31.2 Å². The van der Waals surface area contributed by atoms with E-state index in [9.17, 15) is 10.1 Å². The standard InChI is InChI=1S/C17H18N4O3S/c18-10-13-15(21-4-2-17(3-5-21)23-6-7-24-17)19-14(20-16(13)22)9-12-1-8-25-11-12/h1,8,11H,2-7,9H2,(H,19,20,22). The van der Waals surface area contributed by atoms with Crippen molar-refractivity contribution >= 4 is 17.2 Å². The minimum atomic E-state index is -0.496. The van der Waals surface area contributed by atoms with Crippen LogP contribution in [0.15, 0.2) is 21.6 Å². The van der Waals surface area contributed by atoms with Gasteiger partial charge in [-0.3, -0.25) is 4.79 Å². The fourth-order valence-electron chi connectivity index (χ4n) is 3.35. The van der Waals surface area contributed by atoms with Gasteiger partial charge in [0.05, 0.1) is 13.2 Å². The Morgan fingerprint density at radius 3 is 2.76 bits per heavy atom. The Balaban J connectivity index is 1.60. The molecule has 0 aliphatic carbocycles. The Labute approximate surface area is 148 Å². The minimum absolute atomic E-state index is 0.0678. The first kappa shape index (κ1) is 16.3. The van der Waals surface area contributed by atoms with Gasteiger partial charge in [0, 0.05) is 32.4 Å². The number of nitriles is 1. The number of aromatic amines is 1. The summed E-state index contributed by atoms with van der Waals surface area (Å²) in [7, 11) is 0. The highest BCUT2D eigenvalue weighted by molar-refractivity contribution is 7.07. The molecule has 2 aromatic rings. The fourth-order valence-corrected chi connectivity index (χ4v) is 4.02. The molecule has 130 valence electrons. The molecule has 2 aliphatic heterocycles. The van der Waals surface area contributed by atoms with Crippen molar-refractivity contribution in [3.05, 3.63) is 44.1 Å². The number of aromatic nitrogens is 2. The van der Waals surface area contributed by atoms with Crippen LogP contribution in [-0.4, -0.2) is 42.1 Å². The van der Waals surface area contributed by atoms with Crippen LogP contribution in [0.5, 0.6) is 0 Å². The number of thiophene rings is 1. The molecule has 0 atom stereocenters. The predicted octanol–water partition coefficient (Wildman–Crippen LogP) is 1.64. The zero-order valence-electron chi connectivity index (χ0n) is 13.7. The Hall–Kier alpha value is -2.21. The molecule has 0 aromatic carbocycles. The van der Waals surface area contributed by atoms with Crippen molar-refractivity contribution in [2.45, 2.75) is 25.0 Å². The number of ether oxygens (including phenoxy) is 2. The normalized spacial score (nSPS) is 19.2. The molecule has 2 aliphatic rings. The van der Waals surface area contributed by atoms with E-state index in [0.717, 1.165) is 5.56 Å². The molecule has 0 bridgehead atoms. The lowest BCUT2D eigenvalue weighted by Gasteiger charge is -2.38. The van der Waals surface area contributed by atoms with Crippen LogP contribution >= 0.6 is 11.3 Å². The minimum Gasteiger partial charge on any atom is -0.355 e. The number of H-pyrrole nitrogens is 1. The SMILES string of the molecule is N#Cc1c(N2CCC3(CC2)OCCO3)nc(Cc2ccsc2)[nH]c1=O. The summed E-state index contributed by atoms with van der Waals surface area (Å²) in [4.78, 5) is 21.6. The van der Waals surface area contributed by atoms with Crippen LogP contribution in [0.2, 0.25) is 0 Å². The van der Waals surface area contributed by atoms with Crippen LogP contribution in [0.4, 0.5) is 5.82 Å². The highest BCUT2D eigenvalue weighted by Gasteiger charge is 2.40. The summed E-state index contributed by atoms with van der Waals surface area (Å²) < 4.78 is 11.5. The highest BCUT2D eigenvalue weighted by Crippen LogP contribution is 2.33. The van der Waals surface area contributed by atoms with Crippen LogP contribution < -0.4 is 10.5 Å². The summed E-state index contributed by atoms with van der Waals surface area (Å²) in [6.45, 7) is 2.53. The zero-order chi connectivity index (χ0) is 17.3. The molecule has 7 nitrogen and oxygen atoms in total. The fraction of sp³-hybridized carbons (Fsp3) is 0.471. The predicted molar refractivity (Wildman–Crippen MR) is 92.8 cm³/mol. The van der Waals surface area contributed by atoms with Gasteiger partial charge in [0.25, 0.3) is 5.56 Å². The summed E-state index contributed by atoms with van der Waals surface area (Å²) in [5.74, 6) is 0.541. The van der Waals surface area contributed by atoms with E-state index in [1.165, 1.54) is 0 Å². The maximum Gasteiger partial charge on any atom is 0.271 e. The van der Waals surface area contributed by atoms with Crippen molar-refractivity contribution in [2.24, 2.45) is 0 Å². The van der Waals surface area contributed by atoms with Crippen LogP contribution in [0, 0.1) is 11.3 Å². The van der Waals surface area contributed by atoms with Crippen molar-refractivity contribution in [3.8, 4) is 6.07 Å². The maximum atomic E-state index is 12.3. The third-order valence-electron chi connectivity index (χ3n) is 4.65. The first-order valence-electron chi connectivity index (χ1n) is 8.26. The van der Waals surface area contributed by atoms with Gasteiger partial charge < -0.3 is 19.4 Å². The smallest absolute Gasteiger partial charge is 0.271 e. The van der Waals surface area contributed by atoms with E-state index >= 15 is 0 Å². The van der Waals surface area contributed by atoms with Gasteiger partial charge in [-0.1, -0.05) is 0 Å². The second kappa shape index (κ2) is 6.59. The van der Waals surface area contributed by atoms with Gasteiger partial charge in [-0.05, 0) is 22.4 Å². The number of piperidine rings is 1. The number of anilines is 1. The lowest BCUT2D eigenvalue weighted by Crippen LogP contribution is -2.46. The lowest BCUT2D eigenvalue weighted by molar-refractivity contribution is -0.169. The topological polar surface area (TPSA) is 91.2 Å². The second-order valence-corrected chi connectivity index (χ2v) is 7.01. The summed E-state index contributed by atoms with van der Waals surface area (Å²) in [5.41, 5.74) is 0.777. The van der Waals surface area contributed by atoms with Gasteiger partial charge in [0.1, 0.15) is 11.9 Å². The first-order valence-corrected chi connectivity index (χ1v) is 9.21. The van der Waals surface area contributed by atoms with E-state index in [1.54, 1.807) is 11.3 Å². The Morgan fingerprint density at radius 1 is 1.36 bits per heavy atom. The monoisotopic (exact) mass is 358 g/mol. The average Bonchev–Trinajstić information content (AvgIpc) is 3.28. The molecule has 0 saturated carbocycles. The first-order chi connectivity index (χ1) is 12.2. The summed E-state index contributed by atoms with van der Waals surface area (Å²) in [6, 6.07) is 4.00. The molecule has 0 unspecified atom stereocenters. The number of nitrogens with one attached hydrogen (secondary N) is 1. The molecule has 2 fully saturated rings. The van der Waals surface area contributed by atoms with Gasteiger partial charge in [-0.2, -0.15) is 16.6 Å². The molecular formula is C17H18N4O3S. The Kier molecular flexibility index (Phi) is 4.29. The van der Waals surface area contributed by atoms with Crippen molar-refractivity contribution in [3.63, 3.8) is 0 Å². The van der Waals surface area contributed by atoms with Gasteiger partial charge >= 0.3 is 0 Å². The van der Waals surface area contributed by atoms with Crippen molar-refractivity contribution in [1.29, 1.82) is 5.26 Å². The van der Waals surface area contributed by atoms with E-state index in [4.69, 9.17) is 9.47 Å². The molecule has 4 rings (SSSR count). The van der Waals surface area contributed by atoms with E-state index in [1.807, 2.05) is 27.8 Å². The van der Waals surface area contributed by atoms with Crippen molar-refractivity contribution in [1.82, 2.24) is 9.97 Å². The molecule has 8 heteroatoms. The molecule has 4 heterocycles. The third kappa shape index (κ3) is 3.18. The van der Waals surface area contributed by atoms with Gasteiger partial charge in [0.15, 0.2) is 17.2 Å². The van der Waals surface area contributed by atoms with E-state index in [0.29, 0.717) is 57.2 Å². The van der Waals surface area contributed by atoms with E-state index in [-0.39, 0.29) is 11.1 Å². The average molecular weight is 358 g/mol. The Morgan fingerprint density at radius 2 is 2.12 bits per heavy atom. The maximum absolute atomic E-state index is 12.3. The third-order valence-corrected chi connectivity index (χ3v) is 5.38. The molecular weight excluding hydrogens is 340 g/mol. The number of hydrogen-bond acceptors (Lipinski definition) is 7. The molecule has 1 N–H and O–H groups in total. The van der Waals surface area contributed by atoms with Gasteiger partial charge in [0.2, 0.25) is 0 Å². The zero-order valence-corrected chi connectivity index (χ0v) is 14.5. The van der Waals surface area contributed by atoms with E-state index in [2.05, 4.69) is 9.97 Å². The largest absolute Gasteiger partial charge is 0.355 e. The van der Waals surface area contributed by atoms with Gasteiger partial charge in [-0.15, -0.1) is 0 Å². The van der Waals surface area contributed by atoms with Crippen LogP contribution in [0.25, 0.3) is 0 Å². The molecule has 0 radical (unpaired) electrons. The summed E-state index contributed by atoms with van der Waals surface area (Å²) >= 11 is 1.60. The second-order valence-electron chi connectivity index (χ2n) is 6.23. The molecule has 25 heavy (non-hydrogen) atoms. The van der Waals surface area contributed by atoms with E-state index < -0.39 is 5.79 Å². The number of nitrogens with zero attached hydrogens (tertiary/aromatic N) is 3. The van der Waals surface area contributed by atoms with Crippen LogP contribution in [-0.2, 0) is 15.9 Å².